The molecule has 0 saturated heterocycles. The number of cyclic esters (lactones) is 4. The summed E-state index contributed by atoms with van der Waals surface area (Å²) in [7, 11) is 0. The van der Waals surface area contributed by atoms with Crippen LogP contribution < -0.4 is 4.74 Å². The summed E-state index contributed by atoms with van der Waals surface area (Å²) in [4.78, 5) is 88.0. The van der Waals surface area contributed by atoms with Gasteiger partial charge >= 0.3 is 35.8 Å². The lowest BCUT2D eigenvalue weighted by Gasteiger charge is -2.11. The van der Waals surface area contributed by atoms with Crippen molar-refractivity contribution in [3.05, 3.63) is 206 Å². The molecule has 0 bridgehead atoms. The molecule has 288 valence electrons. The Balaban J connectivity index is 0.963. The monoisotopic (exact) mass is 790 g/mol. The van der Waals surface area contributed by atoms with Crippen molar-refractivity contribution in [2.45, 2.75) is 13.0 Å². The van der Waals surface area contributed by atoms with Gasteiger partial charge in [0.25, 0.3) is 0 Å². The predicted octanol–water partition coefficient (Wildman–Crippen LogP) is 7.11. The second-order valence-corrected chi connectivity index (χ2v) is 13.4. The van der Waals surface area contributed by atoms with Gasteiger partial charge in [0.15, 0.2) is 5.78 Å². The second kappa shape index (κ2) is 16.4. The molecule has 0 fully saturated rings. The van der Waals surface area contributed by atoms with Crippen molar-refractivity contribution in [3.63, 3.8) is 0 Å². The first-order chi connectivity index (χ1) is 29.1. The minimum atomic E-state index is -0.928. The van der Waals surface area contributed by atoms with Crippen molar-refractivity contribution in [1.82, 2.24) is 0 Å². The Kier molecular flexibility index (Phi) is 10.5. The molecule has 0 N–H and O–H groups in total. The molecule has 6 aromatic carbocycles. The highest BCUT2D eigenvalue weighted by molar-refractivity contribution is 6.16. The van der Waals surface area contributed by atoms with Crippen molar-refractivity contribution in [2.24, 2.45) is 0 Å². The van der Waals surface area contributed by atoms with Crippen LogP contribution in [0.5, 0.6) is 5.75 Å². The van der Waals surface area contributed by atoms with Crippen LogP contribution in [0.3, 0.4) is 0 Å². The molecule has 0 amide bonds. The molecule has 0 aliphatic carbocycles. The van der Waals surface area contributed by atoms with E-state index in [2.05, 4.69) is 33.2 Å². The standard InChI is InChI=1S/C49H26O11/c50-43(35-18-20-39-41(26-35)48(55)59-46(39)53)24-34-22-37(25-38(23-34)58-45(52)36-19-21-40-42(27-36)49(56)60-47(40)54)44(51)57-28-33-16-14-32(15-17-33)13-12-31-10-8-30(9-11-31)7-6-29-4-2-1-3-5-29/h1-5,8-11,14-23,25-27H,24,28H2. The van der Waals surface area contributed by atoms with Crippen LogP contribution in [0.1, 0.15) is 106 Å². The molecule has 60 heavy (non-hydrogen) atoms. The van der Waals surface area contributed by atoms with Crippen molar-refractivity contribution in [1.29, 1.82) is 0 Å². The summed E-state index contributed by atoms with van der Waals surface area (Å²) in [5, 5.41) is 0. The zero-order chi connectivity index (χ0) is 41.8. The van der Waals surface area contributed by atoms with E-state index >= 15 is 0 Å². The highest BCUT2D eigenvalue weighted by atomic mass is 16.6. The van der Waals surface area contributed by atoms with E-state index in [0.29, 0.717) is 5.56 Å². The first-order valence-electron chi connectivity index (χ1n) is 18.2. The number of ether oxygens (including phenoxy) is 4. The van der Waals surface area contributed by atoms with E-state index in [9.17, 15) is 33.6 Å². The van der Waals surface area contributed by atoms with E-state index in [1.165, 1.54) is 48.5 Å². The third-order valence-electron chi connectivity index (χ3n) is 9.31. The summed E-state index contributed by atoms with van der Waals surface area (Å²) in [5.41, 5.74) is 4.12. The molecular formula is C49H26O11. The topological polar surface area (TPSA) is 156 Å². The lowest BCUT2D eigenvalue weighted by atomic mass is 9.98. The quantitative estimate of drug-likeness (QED) is 0.0387. The molecule has 6 aromatic rings. The normalized spacial score (nSPS) is 12.1. The van der Waals surface area contributed by atoms with E-state index in [-0.39, 0.29) is 63.3 Å². The molecule has 0 saturated carbocycles. The minimum Gasteiger partial charge on any atom is -0.457 e. The Hall–Kier alpha value is -8.67. The number of ketones is 1. The third-order valence-corrected chi connectivity index (χ3v) is 9.31. The van der Waals surface area contributed by atoms with Crippen molar-refractivity contribution >= 4 is 41.6 Å². The van der Waals surface area contributed by atoms with Gasteiger partial charge in [-0.1, -0.05) is 60.1 Å². The zero-order valence-corrected chi connectivity index (χ0v) is 31.1. The number of esters is 6. The first-order valence-corrected chi connectivity index (χ1v) is 18.2. The van der Waals surface area contributed by atoms with E-state index in [1.54, 1.807) is 24.3 Å². The number of Topliss-reactive ketones (excluding diaryl/α,β-unsaturated/α-hetero) is 1. The summed E-state index contributed by atoms with van der Waals surface area (Å²) in [6.45, 7) is -0.121. The van der Waals surface area contributed by atoms with E-state index in [1.807, 2.05) is 54.6 Å². The fourth-order valence-corrected chi connectivity index (χ4v) is 6.23. The van der Waals surface area contributed by atoms with Gasteiger partial charge in [-0.25, -0.2) is 28.8 Å². The first kappa shape index (κ1) is 38.2. The highest BCUT2D eigenvalue weighted by Crippen LogP contribution is 2.26. The van der Waals surface area contributed by atoms with Crippen LogP contribution in [0, 0.1) is 23.7 Å². The van der Waals surface area contributed by atoms with Crippen molar-refractivity contribution in [3.8, 4) is 29.4 Å². The smallest absolute Gasteiger partial charge is 0.346 e. The zero-order valence-electron chi connectivity index (χ0n) is 31.1. The van der Waals surface area contributed by atoms with E-state index in [4.69, 9.17) is 9.47 Å². The van der Waals surface area contributed by atoms with Gasteiger partial charge < -0.3 is 18.9 Å². The number of hydrogen-bond donors (Lipinski definition) is 0. The van der Waals surface area contributed by atoms with Crippen LogP contribution in [0.25, 0.3) is 0 Å². The van der Waals surface area contributed by atoms with Gasteiger partial charge in [-0.15, -0.1) is 0 Å². The Bertz CT molecular complexity index is 2830. The number of rotatable bonds is 8. The summed E-state index contributed by atoms with van der Waals surface area (Å²) in [6, 6.07) is 36.1. The molecule has 0 spiro atoms. The van der Waals surface area contributed by atoms with Gasteiger partial charge in [0.05, 0.1) is 33.4 Å². The van der Waals surface area contributed by atoms with E-state index < -0.39 is 41.6 Å². The number of hydrogen-bond acceptors (Lipinski definition) is 11. The minimum absolute atomic E-state index is 0.000923. The summed E-state index contributed by atoms with van der Waals surface area (Å²) in [6.07, 6.45) is -0.310. The Morgan fingerprint density at radius 1 is 0.450 bits per heavy atom. The van der Waals surface area contributed by atoms with Crippen molar-refractivity contribution in [2.75, 3.05) is 0 Å². The highest BCUT2D eigenvalue weighted by Gasteiger charge is 2.32. The van der Waals surface area contributed by atoms with Crippen LogP contribution in [0.15, 0.2) is 133 Å². The largest absolute Gasteiger partial charge is 0.457 e. The molecule has 11 heteroatoms. The predicted molar refractivity (Wildman–Crippen MR) is 212 cm³/mol. The number of carbonyl (C=O) groups excluding carboxylic acids is 7. The molecule has 2 heterocycles. The SMILES string of the molecule is O=C(Cc1cc(OC(=O)c2ccc3c(c2)C(=O)OC3=O)cc(C(=O)OCc2ccc(C#Cc3ccc(C#Cc4ccccc4)cc3)cc2)c1)c1ccc2c(c1)C(=O)OC2=O. The fourth-order valence-electron chi connectivity index (χ4n) is 6.23. The molecular weight excluding hydrogens is 765 g/mol. The molecule has 8 rings (SSSR count). The molecule has 0 atom stereocenters. The Morgan fingerprint density at radius 2 is 0.950 bits per heavy atom. The van der Waals surface area contributed by atoms with Crippen LogP contribution in [-0.2, 0) is 27.2 Å². The maximum absolute atomic E-state index is 13.4. The Labute approximate surface area is 341 Å². The molecule has 2 aliphatic rings. The van der Waals surface area contributed by atoms with Crippen LogP contribution in [-0.4, -0.2) is 41.6 Å². The summed E-state index contributed by atoms with van der Waals surface area (Å²) < 4.78 is 20.4. The lowest BCUT2D eigenvalue weighted by molar-refractivity contribution is 0.0425. The molecule has 0 unspecified atom stereocenters. The maximum atomic E-state index is 13.4. The third kappa shape index (κ3) is 8.51. The van der Waals surface area contributed by atoms with Crippen LogP contribution in [0.2, 0.25) is 0 Å². The number of carbonyl (C=O) groups is 7. The lowest BCUT2D eigenvalue weighted by Crippen LogP contribution is -2.12. The molecule has 0 aromatic heterocycles. The van der Waals surface area contributed by atoms with Gasteiger partial charge in [-0.2, -0.15) is 0 Å². The van der Waals surface area contributed by atoms with Gasteiger partial charge in [-0.05, 0) is 108 Å². The summed E-state index contributed by atoms with van der Waals surface area (Å²) in [5.74, 6) is 6.75. The average molecular weight is 791 g/mol. The van der Waals surface area contributed by atoms with Gasteiger partial charge in [-0.3, -0.25) is 4.79 Å². The van der Waals surface area contributed by atoms with Gasteiger partial charge in [0.2, 0.25) is 0 Å². The molecule has 11 nitrogen and oxygen atoms in total. The number of fused-ring (bicyclic) bond motifs is 2. The number of benzene rings is 6. The molecule has 2 aliphatic heterocycles. The average Bonchev–Trinajstić information content (AvgIpc) is 3.72. The molecule has 0 radical (unpaired) electrons. The van der Waals surface area contributed by atoms with Crippen molar-refractivity contribution < 1.29 is 52.5 Å². The van der Waals surface area contributed by atoms with Crippen LogP contribution >= 0.6 is 0 Å². The second-order valence-electron chi connectivity index (χ2n) is 13.4. The van der Waals surface area contributed by atoms with Crippen LogP contribution in [0.4, 0.5) is 0 Å². The summed E-state index contributed by atoms with van der Waals surface area (Å²) >= 11 is 0. The van der Waals surface area contributed by atoms with E-state index in [0.717, 1.165) is 28.3 Å². The van der Waals surface area contributed by atoms with Gasteiger partial charge in [0, 0.05) is 34.2 Å². The fraction of sp³-hybridized carbons (Fsp3) is 0.0408. The van der Waals surface area contributed by atoms with Gasteiger partial charge in [0.1, 0.15) is 12.4 Å². The maximum Gasteiger partial charge on any atom is 0.346 e. The Morgan fingerprint density at radius 3 is 1.53 bits per heavy atom.